The van der Waals surface area contributed by atoms with Crippen LogP contribution in [-0.2, 0) is 6.54 Å². The lowest BCUT2D eigenvalue weighted by atomic mass is 10.2. The zero-order valence-electron chi connectivity index (χ0n) is 12.2. The van der Waals surface area contributed by atoms with Crippen LogP contribution < -0.4 is 10.2 Å². The maximum Gasteiger partial charge on any atom is 0.128 e. The van der Waals surface area contributed by atoms with Gasteiger partial charge in [-0.1, -0.05) is 25.4 Å². The van der Waals surface area contributed by atoms with Gasteiger partial charge in [0, 0.05) is 25.9 Å². The zero-order chi connectivity index (χ0) is 14.3. The van der Waals surface area contributed by atoms with Gasteiger partial charge in [0.15, 0.2) is 0 Å². The lowest BCUT2D eigenvalue weighted by Crippen LogP contribution is -2.23. The SMILES string of the molecule is CSCCN(C)c1ccc(Cl)c(CNCC(C)C)n1. The van der Waals surface area contributed by atoms with Crippen LogP contribution in [0.15, 0.2) is 12.1 Å². The Balaban J connectivity index is 2.65. The van der Waals surface area contributed by atoms with Gasteiger partial charge in [0.2, 0.25) is 0 Å². The topological polar surface area (TPSA) is 28.2 Å². The highest BCUT2D eigenvalue weighted by molar-refractivity contribution is 7.98. The molecule has 3 nitrogen and oxygen atoms in total. The lowest BCUT2D eigenvalue weighted by molar-refractivity contribution is 0.548. The van der Waals surface area contributed by atoms with E-state index in [1.165, 1.54) is 0 Å². The summed E-state index contributed by atoms with van der Waals surface area (Å²) in [5.41, 5.74) is 0.927. The van der Waals surface area contributed by atoms with Crippen LogP contribution in [0.2, 0.25) is 5.02 Å². The molecule has 1 N–H and O–H groups in total. The molecule has 108 valence electrons. The van der Waals surface area contributed by atoms with Crippen molar-refractivity contribution in [1.82, 2.24) is 10.3 Å². The minimum Gasteiger partial charge on any atom is -0.359 e. The van der Waals surface area contributed by atoms with E-state index in [1.54, 1.807) is 0 Å². The lowest BCUT2D eigenvalue weighted by Gasteiger charge is -2.19. The predicted molar refractivity (Wildman–Crippen MR) is 87.4 cm³/mol. The molecule has 5 heteroatoms. The molecule has 0 aliphatic carbocycles. The minimum absolute atomic E-state index is 0.631. The largest absolute Gasteiger partial charge is 0.359 e. The highest BCUT2D eigenvalue weighted by atomic mass is 35.5. The molecule has 0 unspecified atom stereocenters. The summed E-state index contributed by atoms with van der Waals surface area (Å²) in [6.07, 6.45) is 2.12. The molecule has 0 radical (unpaired) electrons. The van der Waals surface area contributed by atoms with Gasteiger partial charge >= 0.3 is 0 Å². The van der Waals surface area contributed by atoms with Crippen LogP contribution in [0.25, 0.3) is 0 Å². The number of nitrogens with zero attached hydrogens (tertiary/aromatic N) is 2. The van der Waals surface area contributed by atoms with Crippen molar-refractivity contribution in [2.24, 2.45) is 5.92 Å². The number of hydrogen-bond donors (Lipinski definition) is 1. The van der Waals surface area contributed by atoms with E-state index < -0.39 is 0 Å². The summed E-state index contributed by atoms with van der Waals surface area (Å²) in [5.74, 6) is 2.72. The molecule has 1 aromatic heterocycles. The van der Waals surface area contributed by atoms with Gasteiger partial charge in [0.25, 0.3) is 0 Å². The first-order valence-electron chi connectivity index (χ1n) is 6.60. The molecule has 0 spiro atoms. The van der Waals surface area contributed by atoms with Crippen LogP contribution in [0, 0.1) is 5.92 Å². The Kier molecular flexibility index (Phi) is 7.57. The van der Waals surface area contributed by atoms with E-state index in [-0.39, 0.29) is 0 Å². The van der Waals surface area contributed by atoms with Crippen LogP contribution in [-0.4, -0.2) is 37.1 Å². The number of aromatic nitrogens is 1. The number of rotatable bonds is 8. The summed E-state index contributed by atoms with van der Waals surface area (Å²) in [5, 5.41) is 4.12. The maximum atomic E-state index is 6.20. The molecule has 1 heterocycles. The Morgan fingerprint density at radius 2 is 2.16 bits per heavy atom. The normalized spacial score (nSPS) is 11.1. The fourth-order valence-electron chi connectivity index (χ4n) is 1.63. The monoisotopic (exact) mass is 301 g/mol. The third-order valence-electron chi connectivity index (χ3n) is 2.77. The fourth-order valence-corrected chi connectivity index (χ4v) is 2.26. The van der Waals surface area contributed by atoms with E-state index in [9.17, 15) is 0 Å². The van der Waals surface area contributed by atoms with Crippen molar-refractivity contribution in [1.29, 1.82) is 0 Å². The van der Waals surface area contributed by atoms with E-state index in [4.69, 9.17) is 11.6 Å². The number of hydrogen-bond acceptors (Lipinski definition) is 4. The van der Waals surface area contributed by atoms with Gasteiger partial charge in [-0.25, -0.2) is 4.98 Å². The third-order valence-corrected chi connectivity index (χ3v) is 3.71. The molecule has 0 aromatic carbocycles. The molecule has 0 saturated carbocycles. The van der Waals surface area contributed by atoms with Crippen LogP contribution in [0.5, 0.6) is 0 Å². The summed E-state index contributed by atoms with van der Waals surface area (Å²) >= 11 is 8.04. The van der Waals surface area contributed by atoms with E-state index in [0.717, 1.165) is 41.9 Å². The van der Waals surface area contributed by atoms with E-state index in [1.807, 2.05) is 23.9 Å². The first-order chi connectivity index (χ1) is 9.04. The van der Waals surface area contributed by atoms with Crippen molar-refractivity contribution in [3.05, 3.63) is 22.8 Å². The molecule has 1 rings (SSSR count). The van der Waals surface area contributed by atoms with Gasteiger partial charge in [-0.15, -0.1) is 0 Å². The molecule has 0 aliphatic heterocycles. The average Bonchev–Trinajstić information content (AvgIpc) is 2.37. The Labute approximate surface area is 126 Å². The van der Waals surface area contributed by atoms with Gasteiger partial charge in [-0.3, -0.25) is 0 Å². The number of thioether (sulfide) groups is 1. The second-order valence-corrected chi connectivity index (χ2v) is 6.43. The van der Waals surface area contributed by atoms with Gasteiger partial charge < -0.3 is 10.2 Å². The summed E-state index contributed by atoms with van der Waals surface area (Å²) in [6, 6.07) is 3.92. The number of anilines is 1. The molecule has 0 aliphatic rings. The van der Waals surface area contributed by atoms with E-state index in [2.05, 4.69) is 42.4 Å². The standard InChI is InChI=1S/C14H24ClN3S/c1-11(2)9-16-10-13-12(15)5-6-14(17-13)18(3)7-8-19-4/h5-6,11,16H,7-10H2,1-4H3. The Bertz CT molecular complexity index is 385. The van der Waals surface area contributed by atoms with Gasteiger partial charge in [-0.05, 0) is 30.9 Å². The summed E-state index contributed by atoms with van der Waals surface area (Å²) in [7, 11) is 2.07. The average molecular weight is 302 g/mol. The summed E-state index contributed by atoms with van der Waals surface area (Å²) in [4.78, 5) is 6.81. The number of nitrogens with one attached hydrogen (secondary N) is 1. The smallest absolute Gasteiger partial charge is 0.128 e. The Hall–Kier alpha value is -0.450. The van der Waals surface area contributed by atoms with Crippen LogP contribution >= 0.6 is 23.4 Å². The maximum absolute atomic E-state index is 6.20. The first kappa shape index (κ1) is 16.6. The van der Waals surface area contributed by atoms with Crippen LogP contribution in [0.3, 0.4) is 0 Å². The molecule has 0 saturated heterocycles. The second kappa shape index (κ2) is 8.67. The van der Waals surface area contributed by atoms with E-state index >= 15 is 0 Å². The summed E-state index contributed by atoms with van der Waals surface area (Å²) < 4.78 is 0. The van der Waals surface area contributed by atoms with Crippen molar-refractivity contribution >= 4 is 29.2 Å². The van der Waals surface area contributed by atoms with Gasteiger partial charge in [0.1, 0.15) is 5.82 Å². The molecule has 0 bridgehead atoms. The molecular formula is C14H24ClN3S. The van der Waals surface area contributed by atoms with Crippen molar-refractivity contribution in [3.63, 3.8) is 0 Å². The molecule has 0 amide bonds. The highest BCUT2D eigenvalue weighted by Gasteiger charge is 2.07. The van der Waals surface area contributed by atoms with E-state index in [0.29, 0.717) is 5.92 Å². The van der Waals surface area contributed by atoms with Gasteiger partial charge in [-0.2, -0.15) is 11.8 Å². The quantitative estimate of drug-likeness (QED) is 0.797. The predicted octanol–water partition coefficient (Wildman–Crippen LogP) is 3.28. The molecule has 0 atom stereocenters. The zero-order valence-corrected chi connectivity index (χ0v) is 13.8. The minimum atomic E-state index is 0.631. The highest BCUT2D eigenvalue weighted by Crippen LogP contribution is 2.18. The van der Waals surface area contributed by atoms with Crippen LogP contribution in [0.1, 0.15) is 19.5 Å². The van der Waals surface area contributed by atoms with Crippen molar-refractivity contribution in [2.45, 2.75) is 20.4 Å². The van der Waals surface area contributed by atoms with Crippen molar-refractivity contribution < 1.29 is 0 Å². The van der Waals surface area contributed by atoms with Gasteiger partial charge in [0.05, 0.1) is 10.7 Å². The van der Waals surface area contributed by atoms with Crippen LogP contribution in [0.4, 0.5) is 5.82 Å². The Morgan fingerprint density at radius 1 is 1.42 bits per heavy atom. The fraction of sp³-hybridized carbons (Fsp3) is 0.643. The molecule has 19 heavy (non-hydrogen) atoms. The van der Waals surface area contributed by atoms with Crippen molar-refractivity contribution in [3.8, 4) is 0 Å². The summed E-state index contributed by atoms with van der Waals surface area (Å²) in [6.45, 7) is 7.07. The first-order valence-corrected chi connectivity index (χ1v) is 8.38. The van der Waals surface area contributed by atoms with Crippen molar-refractivity contribution in [2.75, 3.05) is 37.0 Å². The molecule has 1 aromatic rings. The number of halogens is 1. The Morgan fingerprint density at radius 3 is 2.79 bits per heavy atom. The third kappa shape index (κ3) is 6.02. The second-order valence-electron chi connectivity index (χ2n) is 5.04. The number of pyridine rings is 1. The molecular weight excluding hydrogens is 278 g/mol. The molecule has 0 fully saturated rings.